The van der Waals surface area contributed by atoms with E-state index in [2.05, 4.69) is 0 Å². The van der Waals surface area contributed by atoms with E-state index in [0.29, 0.717) is 38.5 Å². The smallest absolute Gasteiger partial charge is 0.303 e. The minimum atomic E-state index is -1.13. The summed E-state index contributed by atoms with van der Waals surface area (Å²) < 4.78 is 5.57. The van der Waals surface area contributed by atoms with Crippen LogP contribution >= 0.6 is 0 Å². The maximum atomic E-state index is 12.8. The Hall–Kier alpha value is -2.82. The van der Waals surface area contributed by atoms with E-state index in [4.69, 9.17) is 14.9 Å². The number of rotatable bonds is 12. The van der Waals surface area contributed by atoms with Gasteiger partial charge in [0.2, 0.25) is 11.8 Å². The molecule has 0 aromatic rings. The second-order valence-electron chi connectivity index (χ2n) is 8.09. The number of nitrogens with zero attached hydrogens (tertiary/aromatic N) is 2. The summed E-state index contributed by atoms with van der Waals surface area (Å²) in [7, 11) is 0. The number of carbonyl (C=O) groups excluding carboxylic acids is 4. The number of amides is 4. The Bertz CT molecular complexity index is 732. The van der Waals surface area contributed by atoms with Gasteiger partial charge in [-0.15, -0.1) is 0 Å². The maximum Gasteiger partial charge on any atom is 0.303 e. The third kappa shape index (κ3) is 4.60. The molecular formula is C20H26N2O9. The number of carboxylic acid groups (broad SMARTS) is 2. The van der Waals surface area contributed by atoms with Gasteiger partial charge in [-0.25, -0.2) is 0 Å². The van der Waals surface area contributed by atoms with Gasteiger partial charge in [0.15, 0.2) is 12.2 Å². The van der Waals surface area contributed by atoms with Gasteiger partial charge < -0.3 is 14.9 Å². The number of unbranched alkanes of at least 4 members (excludes halogenated alkanes) is 4. The van der Waals surface area contributed by atoms with Crippen molar-refractivity contribution in [2.24, 2.45) is 11.8 Å². The molecule has 2 N–H and O–H groups in total. The van der Waals surface area contributed by atoms with Crippen LogP contribution in [0.3, 0.4) is 0 Å². The summed E-state index contributed by atoms with van der Waals surface area (Å²) in [4.78, 5) is 74.1. The molecule has 11 nitrogen and oxygen atoms in total. The fraction of sp³-hybridized carbons (Fsp3) is 0.700. The molecule has 0 radical (unpaired) electrons. The number of imide groups is 2. The first-order chi connectivity index (χ1) is 14.7. The molecule has 0 spiro atoms. The highest BCUT2D eigenvalue weighted by atomic mass is 16.5. The molecule has 0 bridgehead atoms. The highest BCUT2D eigenvalue weighted by Gasteiger charge is 2.67. The van der Waals surface area contributed by atoms with E-state index in [9.17, 15) is 28.8 Å². The number of aliphatic carboxylic acids is 2. The van der Waals surface area contributed by atoms with Crippen molar-refractivity contribution in [1.29, 1.82) is 0 Å². The van der Waals surface area contributed by atoms with Crippen LogP contribution in [0.15, 0.2) is 0 Å². The molecule has 3 saturated heterocycles. The maximum absolute atomic E-state index is 12.8. The molecule has 4 unspecified atom stereocenters. The fourth-order valence-corrected chi connectivity index (χ4v) is 4.46. The van der Waals surface area contributed by atoms with Crippen molar-refractivity contribution >= 4 is 35.6 Å². The molecule has 4 atom stereocenters. The number of carbonyl (C=O) groups is 6. The predicted molar refractivity (Wildman–Crippen MR) is 101 cm³/mol. The summed E-state index contributed by atoms with van der Waals surface area (Å²) in [6, 6.07) is 0. The van der Waals surface area contributed by atoms with Crippen molar-refractivity contribution in [1.82, 2.24) is 9.80 Å². The van der Waals surface area contributed by atoms with Gasteiger partial charge in [0.05, 0.1) is 11.8 Å². The number of fused-ring (bicyclic) bond motifs is 3. The van der Waals surface area contributed by atoms with Crippen molar-refractivity contribution in [2.45, 2.75) is 63.6 Å². The summed E-state index contributed by atoms with van der Waals surface area (Å²) in [5.41, 5.74) is 0. The molecule has 31 heavy (non-hydrogen) atoms. The van der Waals surface area contributed by atoms with Crippen molar-refractivity contribution in [3.05, 3.63) is 0 Å². The molecule has 3 aliphatic rings. The van der Waals surface area contributed by atoms with Gasteiger partial charge in [-0.1, -0.05) is 12.8 Å². The van der Waals surface area contributed by atoms with Crippen LogP contribution < -0.4 is 0 Å². The Labute approximate surface area is 178 Å². The van der Waals surface area contributed by atoms with Crippen molar-refractivity contribution in [3.8, 4) is 0 Å². The molecule has 3 fully saturated rings. The molecule has 0 aromatic carbocycles. The number of hydrogen-bond acceptors (Lipinski definition) is 7. The van der Waals surface area contributed by atoms with Crippen LogP contribution in [0.25, 0.3) is 0 Å². The minimum absolute atomic E-state index is 0.0166. The monoisotopic (exact) mass is 438 g/mol. The van der Waals surface area contributed by atoms with Crippen LogP contribution in [0.5, 0.6) is 0 Å². The quantitative estimate of drug-likeness (QED) is 0.316. The Kier molecular flexibility index (Phi) is 7.04. The second-order valence-corrected chi connectivity index (χ2v) is 8.09. The molecule has 170 valence electrons. The topological polar surface area (TPSA) is 159 Å². The first-order valence-electron chi connectivity index (χ1n) is 10.5. The van der Waals surface area contributed by atoms with Gasteiger partial charge in [0.1, 0.15) is 0 Å². The number of carboxylic acids is 2. The lowest BCUT2D eigenvalue weighted by Crippen LogP contribution is -2.37. The summed E-state index contributed by atoms with van der Waals surface area (Å²) in [6.45, 7) is 0.251. The van der Waals surface area contributed by atoms with E-state index in [0.717, 1.165) is 9.80 Å². The van der Waals surface area contributed by atoms with Gasteiger partial charge >= 0.3 is 11.9 Å². The molecule has 3 aliphatic heterocycles. The van der Waals surface area contributed by atoms with E-state index in [1.165, 1.54) is 0 Å². The summed E-state index contributed by atoms with van der Waals surface area (Å²) in [5.74, 6) is -5.98. The molecule has 0 saturated carbocycles. The minimum Gasteiger partial charge on any atom is -0.481 e. The highest BCUT2D eigenvalue weighted by molar-refractivity contribution is 6.14. The standard InChI is InChI=1S/C20H26N2O9/c23-11(24)7-3-1-5-9-21-17(27)13-14-16(31-15(13)19(21)29)20(30)22(18(14)28)10-6-2-4-8-12(25)26/h13-16H,1-10H2,(H,23,24)(H,25,26). The van der Waals surface area contributed by atoms with E-state index in [1.807, 2.05) is 0 Å². The van der Waals surface area contributed by atoms with Crippen molar-refractivity contribution in [2.75, 3.05) is 13.1 Å². The van der Waals surface area contributed by atoms with Gasteiger partial charge in [-0.2, -0.15) is 0 Å². The largest absolute Gasteiger partial charge is 0.481 e. The number of ether oxygens (including phenoxy) is 1. The average Bonchev–Trinajstić information content (AvgIpc) is 3.27. The average molecular weight is 438 g/mol. The van der Waals surface area contributed by atoms with Crippen LogP contribution in [0, 0.1) is 11.8 Å². The summed E-state index contributed by atoms with van der Waals surface area (Å²) >= 11 is 0. The predicted octanol–water partition coefficient (Wildman–Crippen LogP) is 0.0138. The Balaban J connectivity index is 1.55. The van der Waals surface area contributed by atoms with E-state index >= 15 is 0 Å². The Morgan fingerprint density at radius 1 is 0.645 bits per heavy atom. The molecule has 11 heteroatoms. The lowest BCUT2D eigenvalue weighted by atomic mass is 9.89. The van der Waals surface area contributed by atoms with E-state index in [1.54, 1.807) is 0 Å². The van der Waals surface area contributed by atoms with Crippen LogP contribution in [-0.2, 0) is 33.5 Å². The second kappa shape index (κ2) is 9.54. The summed E-state index contributed by atoms with van der Waals surface area (Å²) in [6.07, 6.45) is 0.630. The molecule has 0 aromatic heterocycles. The van der Waals surface area contributed by atoms with Crippen LogP contribution in [0.1, 0.15) is 51.4 Å². The molecule has 3 heterocycles. The van der Waals surface area contributed by atoms with Gasteiger partial charge in [-0.05, 0) is 25.7 Å². The zero-order chi connectivity index (χ0) is 22.7. The first kappa shape index (κ1) is 22.9. The zero-order valence-electron chi connectivity index (χ0n) is 17.0. The molecule has 3 rings (SSSR count). The van der Waals surface area contributed by atoms with Crippen molar-refractivity contribution in [3.63, 3.8) is 0 Å². The van der Waals surface area contributed by atoms with Gasteiger partial charge in [-0.3, -0.25) is 38.6 Å². The third-order valence-corrected chi connectivity index (χ3v) is 6.00. The zero-order valence-corrected chi connectivity index (χ0v) is 17.0. The van der Waals surface area contributed by atoms with Gasteiger partial charge in [0.25, 0.3) is 11.8 Å². The fourth-order valence-electron chi connectivity index (χ4n) is 4.46. The molecule has 4 amide bonds. The summed E-state index contributed by atoms with van der Waals surface area (Å²) in [5, 5.41) is 17.3. The van der Waals surface area contributed by atoms with E-state index < -0.39 is 59.6 Å². The Morgan fingerprint density at radius 3 is 1.39 bits per heavy atom. The Morgan fingerprint density at radius 2 is 1.03 bits per heavy atom. The van der Waals surface area contributed by atoms with E-state index in [-0.39, 0.29) is 25.9 Å². The lowest BCUT2D eigenvalue weighted by molar-refractivity contribution is -0.148. The van der Waals surface area contributed by atoms with Crippen LogP contribution in [-0.4, -0.2) is 80.9 Å². The number of likely N-dealkylation sites (tertiary alicyclic amines) is 2. The molecular weight excluding hydrogens is 412 g/mol. The van der Waals surface area contributed by atoms with Gasteiger partial charge in [0, 0.05) is 25.9 Å². The SMILES string of the molecule is O=C(O)CCCCCN1C(=O)C2OC3C(=O)N(CCCCCC(=O)O)C(=O)C3C2C1=O. The number of hydrogen-bond donors (Lipinski definition) is 2. The highest BCUT2D eigenvalue weighted by Crippen LogP contribution is 2.44. The third-order valence-electron chi connectivity index (χ3n) is 6.00. The van der Waals surface area contributed by atoms with Crippen molar-refractivity contribution < 1.29 is 43.7 Å². The lowest BCUT2D eigenvalue weighted by Gasteiger charge is -2.17. The normalized spacial score (nSPS) is 27.2. The molecule has 0 aliphatic carbocycles. The first-order valence-corrected chi connectivity index (χ1v) is 10.5. The van der Waals surface area contributed by atoms with Crippen LogP contribution in [0.4, 0.5) is 0 Å². The van der Waals surface area contributed by atoms with Crippen LogP contribution in [0.2, 0.25) is 0 Å².